The van der Waals surface area contributed by atoms with Crippen molar-refractivity contribution in [2.45, 2.75) is 45.2 Å². The second-order valence-corrected chi connectivity index (χ2v) is 6.95. The van der Waals surface area contributed by atoms with E-state index in [0.717, 1.165) is 51.3 Å². The minimum atomic E-state index is 0.0355. The number of pyridine rings is 1. The second-order valence-electron chi connectivity index (χ2n) is 6.95. The Bertz CT molecular complexity index is 510. The number of carbonyl (C=O) groups excluding carboxylic acids is 1. The lowest BCUT2D eigenvalue weighted by Gasteiger charge is -2.33. The van der Waals surface area contributed by atoms with Gasteiger partial charge >= 0.3 is 0 Å². The fourth-order valence-electron chi connectivity index (χ4n) is 3.59. The molecule has 5 heteroatoms. The van der Waals surface area contributed by atoms with Crippen molar-refractivity contribution in [2.75, 3.05) is 26.2 Å². The molecule has 0 spiro atoms. The lowest BCUT2D eigenvalue weighted by atomic mass is 9.97. The summed E-state index contributed by atoms with van der Waals surface area (Å²) in [4.78, 5) is 19.0. The maximum absolute atomic E-state index is 12.1. The van der Waals surface area contributed by atoms with Gasteiger partial charge in [-0.1, -0.05) is 6.07 Å². The van der Waals surface area contributed by atoms with Gasteiger partial charge in [0.05, 0.1) is 6.04 Å². The summed E-state index contributed by atoms with van der Waals surface area (Å²) in [7, 11) is 0. The van der Waals surface area contributed by atoms with Crippen LogP contribution in [0.25, 0.3) is 0 Å². The molecule has 1 aromatic heterocycles. The van der Waals surface area contributed by atoms with Crippen LogP contribution in [0.15, 0.2) is 18.3 Å². The van der Waals surface area contributed by atoms with Crippen LogP contribution in [0, 0.1) is 12.8 Å². The Balaban J connectivity index is 1.44. The molecule has 1 aromatic rings. The molecule has 2 fully saturated rings. The molecule has 2 atom stereocenters. The first-order valence-electron chi connectivity index (χ1n) is 8.85. The summed E-state index contributed by atoms with van der Waals surface area (Å²) >= 11 is 0. The molecule has 3 rings (SSSR count). The number of carbonyl (C=O) groups is 1. The molecule has 1 amide bonds. The van der Waals surface area contributed by atoms with Crippen LogP contribution in [0.2, 0.25) is 0 Å². The van der Waals surface area contributed by atoms with Gasteiger partial charge in [-0.2, -0.15) is 0 Å². The number of aromatic nitrogens is 1. The van der Waals surface area contributed by atoms with Gasteiger partial charge in [-0.25, -0.2) is 0 Å². The Hall–Kier alpha value is -1.46. The van der Waals surface area contributed by atoms with Crippen molar-refractivity contribution in [3.8, 4) is 0 Å². The van der Waals surface area contributed by atoms with E-state index in [2.05, 4.69) is 32.7 Å². The minimum absolute atomic E-state index is 0.0355. The third-order valence-corrected chi connectivity index (χ3v) is 4.92. The van der Waals surface area contributed by atoms with E-state index in [1.54, 1.807) is 0 Å². The fraction of sp³-hybridized carbons (Fsp3) is 0.667. The van der Waals surface area contributed by atoms with Crippen LogP contribution >= 0.6 is 0 Å². The van der Waals surface area contributed by atoms with E-state index in [4.69, 9.17) is 0 Å². The lowest BCUT2D eigenvalue weighted by molar-refractivity contribution is -0.123. The molecule has 0 radical (unpaired) electrons. The zero-order valence-corrected chi connectivity index (χ0v) is 14.1. The molecule has 0 bridgehead atoms. The number of nitrogens with one attached hydrogen (secondary N) is 2. The lowest BCUT2D eigenvalue weighted by Crippen LogP contribution is -2.45. The summed E-state index contributed by atoms with van der Waals surface area (Å²) in [6, 6.07) is 4.28. The SMILES string of the molecule is Cc1ccc(CN2CCCC(CNC(=O)C3CCCN3)C2)cn1. The molecule has 2 aliphatic rings. The molecular formula is C18H28N4O. The number of amides is 1. The molecule has 5 nitrogen and oxygen atoms in total. The minimum Gasteiger partial charge on any atom is -0.354 e. The van der Waals surface area contributed by atoms with Crippen LogP contribution < -0.4 is 10.6 Å². The zero-order chi connectivity index (χ0) is 16.1. The van der Waals surface area contributed by atoms with Crippen LogP contribution in [-0.4, -0.2) is 48.0 Å². The van der Waals surface area contributed by atoms with Crippen LogP contribution in [0.4, 0.5) is 0 Å². The third-order valence-electron chi connectivity index (χ3n) is 4.92. The summed E-state index contributed by atoms with van der Waals surface area (Å²) < 4.78 is 0. The van der Waals surface area contributed by atoms with E-state index in [1.165, 1.54) is 18.4 Å². The van der Waals surface area contributed by atoms with E-state index < -0.39 is 0 Å². The molecule has 2 unspecified atom stereocenters. The van der Waals surface area contributed by atoms with Crippen molar-refractivity contribution in [2.24, 2.45) is 5.92 Å². The van der Waals surface area contributed by atoms with Crippen molar-refractivity contribution in [1.82, 2.24) is 20.5 Å². The first-order chi connectivity index (χ1) is 11.2. The number of hydrogen-bond acceptors (Lipinski definition) is 4. The normalized spacial score (nSPS) is 25.4. The maximum Gasteiger partial charge on any atom is 0.237 e. The van der Waals surface area contributed by atoms with Gasteiger partial charge in [0.2, 0.25) is 5.91 Å². The number of aryl methyl sites for hydroxylation is 1. The molecule has 2 saturated heterocycles. The molecule has 2 aliphatic heterocycles. The molecule has 0 aliphatic carbocycles. The number of piperidine rings is 1. The number of rotatable bonds is 5. The van der Waals surface area contributed by atoms with Crippen molar-refractivity contribution in [3.63, 3.8) is 0 Å². The predicted molar refractivity (Wildman–Crippen MR) is 91.0 cm³/mol. The Morgan fingerprint density at radius 2 is 2.30 bits per heavy atom. The van der Waals surface area contributed by atoms with Crippen molar-refractivity contribution < 1.29 is 4.79 Å². The van der Waals surface area contributed by atoms with Crippen LogP contribution in [0.1, 0.15) is 36.9 Å². The summed E-state index contributed by atoms with van der Waals surface area (Å²) in [5.74, 6) is 0.745. The summed E-state index contributed by atoms with van der Waals surface area (Å²) in [5.41, 5.74) is 2.34. The average Bonchev–Trinajstić information content (AvgIpc) is 3.10. The molecular weight excluding hydrogens is 288 g/mol. The largest absolute Gasteiger partial charge is 0.354 e. The molecule has 3 heterocycles. The average molecular weight is 316 g/mol. The van der Waals surface area contributed by atoms with Crippen LogP contribution in [0.5, 0.6) is 0 Å². The Labute approximate surface area is 138 Å². The number of nitrogens with zero attached hydrogens (tertiary/aromatic N) is 2. The summed E-state index contributed by atoms with van der Waals surface area (Å²) in [5, 5.41) is 6.41. The Kier molecular flexibility index (Phi) is 5.62. The van der Waals surface area contributed by atoms with E-state index in [9.17, 15) is 4.79 Å². The first kappa shape index (κ1) is 16.4. The van der Waals surface area contributed by atoms with Crippen molar-refractivity contribution in [1.29, 1.82) is 0 Å². The van der Waals surface area contributed by atoms with E-state index in [-0.39, 0.29) is 11.9 Å². The van der Waals surface area contributed by atoms with Gasteiger partial charge in [0.25, 0.3) is 0 Å². The quantitative estimate of drug-likeness (QED) is 0.864. The number of likely N-dealkylation sites (tertiary alicyclic amines) is 1. The van der Waals surface area contributed by atoms with E-state index in [1.807, 2.05) is 13.1 Å². The smallest absolute Gasteiger partial charge is 0.237 e. The fourth-order valence-corrected chi connectivity index (χ4v) is 3.59. The summed E-state index contributed by atoms with van der Waals surface area (Å²) in [6.07, 6.45) is 6.48. The Morgan fingerprint density at radius 3 is 3.04 bits per heavy atom. The van der Waals surface area contributed by atoms with Crippen LogP contribution in [0.3, 0.4) is 0 Å². The molecule has 0 aromatic carbocycles. The van der Waals surface area contributed by atoms with Gasteiger partial charge in [-0.3, -0.25) is 14.7 Å². The van der Waals surface area contributed by atoms with Gasteiger partial charge in [-0.15, -0.1) is 0 Å². The van der Waals surface area contributed by atoms with Gasteiger partial charge in [0.1, 0.15) is 0 Å². The highest BCUT2D eigenvalue weighted by molar-refractivity contribution is 5.81. The van der Waals surface area contributed by atoms with E-state index in [0.29, 0.717) is 5.92 Å². The zero-order valence-electron chi connectivity index (χ0n) is 14.1. The highest BCUT2D eigenvalue weighted by Gasteiger charge is 2.24. The van der Waals surface area contributed by atoms with Crippen molar-refractivity contribution >= 4 is 5.91 Å². The molecule has 2 N–H and O–H groups in total. The summed E-state index contributed by atoms with van der Waals surface area (Å²) in [6.45, 7) is 6.96. The molecule has 0 saturated carbocycles. The monoisotopic (exact) mass is 316 g/mol. The standard InChI is InChI=1S/C18H28N4O/c1-14-6-7-16(10-20-14)13-22-9-3-4-15(12-22)11-21-18(23)17-5-2-8-19-17/h6-7,10,15,17,19H,2-5,8-9,11-13H2,1H3,(H,21,23). The topological polar surface area (TPSA) is 57.3 Å². The van der Waals surface area contributed by atoms with Gasteiger partial charge in [0, 0.05) is 31.5 Å². The Morgan fingerprint density at radius 1 is 1.39 bits per heavy atom. The molecule has 23 heavy (non-hydrogen) atoms. The van der Waals surface area contributed by atoms with Crippen molar-refractivity contribution in [3.05, 3.63) is 29.6 Å². The van der Waals surface area contributed by atoms with Gasteiger partial charge in [0.15, 0.2) is 0 Å². The highest BCUT2D eigenvalue weighted by Crippen LogP contribution is 2.18. The van der Waals surface area contributed by atoms with Gasteiger partial charge < -0.3 is 10.6 Å². The molecule has 126 valence electrons. The first-order valence-corrected chi connectivity index (χ1v) is 8.85. The third kappa shape index (κ3) is 4.75. The maximum atomic E-state index is 12.1. The highest BCUT2D eigenvalue weighted by atomic mass is 16.2. The number of hydrogen-bond donors (Lipinski definition) is 2. The van der Waals surface area contributed by atoms with E-state index >= 15 is 0 Å². The van der Waals surface area contributed by atoms with Gasteiger partial charge in [-0.05, 0) is 63.2 Å². The predicted octanol–water partition coefficient (Wildman–Crippen LogP) is 1.47. The second kappa shape index (κ2) is 7.88. The van der Waals surface area contributed by atoms with Crippen LogP contribution in [-0.2, 0) is 11.3 Å².